The molecule has 5 nitrogen and oxygen atoms in total. The molecule has 0 aliphatic carbocycles. The van der Waals surface area contributed by atoms with E-state index in [-0.39, 0.29) is 25.6 Å². The molecule has 5 heteroatoms. The van der Waals surface area contributed by atoms with Crippen molar-refractivity contribution in [2.75, 3.05) is 19.7 Å². The van der Waals surface area contributed by atoms with Crippen LogP contribution in [0.3, 0.4) is 0 Å². The molecule has 1 atom stereocenters. The van der Waals surface area contributed by atoms with Crippen LogP contribution in [0.1, 0.15) is 11.5 Å². The smallest absolute Gasteiger partial charge is 0.323 e. The molecule has 0 bridgehead atoms. The highest BCUT2D eigenvalue weighted by molar-refractivity contribution is 5.88. The number of nitrogens with zero attached hydrogens (tertiary/aromatic N) is 1. The molecule has 1 aromatic rings. The van der Waals surface area contributed by atoms with Gasteiger partial charge in [-0.15, -0.1) is 6.58 Å². The number of hydrogen-bond donors (Lipinski definition) is 1. The fourth-order valence-corrected chi connectivity index (χ4v) is 2.14. The molecule has 1 N–H and O–H groups in total. The maximum absolute atomic E-state index is 12.4. The van der Waals surface area contributed by atoms with Gasteiger partial charge in [0.05, 0.1) is 0 Å². The minimum absolute atomic E-state index is 0.212. The lowest BCUT2D eigenvalue weighted by Gasteiger charge is -2.22. The van der Waals surface area contributed by atoms with Crippen molar-refractivity contribution in [3.05, 3.63) is 42.5 Å². The molecule has 0 aromatic heterocycles. The van der Waals surface area contributed by atoms with Crippen LogP contribution >= 0.6 is 0 Å². The molecule has 1 aliphatic rings. The number of para-hydroxylation sites is 1. The van der Waals surface area contributed by atoms with E-state index in [1.807, 2.05) is 18.2 Å². The summed E-state index contributed by atoms with van der Waals surface area (Å²) in [6.07, 6.45) is 1.52. The van der Waals surface area contributed by atoms with E-state index in [0.29, 0.717) is 5.75 Å². The molecule has 0 saturated carbocycles. The van der Waals surface area contributed by atoms with Crippen molar-refractivity contribution in [3.63, 3.8) is 0 Å². The molecule has 100 valence electrons. The van der Waals surface area contributed by atoms with Crippen molar-refractivity contribution >= 4 is 11.9 Å². The number of aliphatic carboxylic acids is 1. The van der Waals surface area contributed by atoms with Crippen molar-refractivity contribution in [1.29, 1.82) is 0 Å². The zero-order valence-electron chi connectivity index (χ0n) is 10.4. The number of carboxylic acids is 1. The van der Waals surface area contributed by atoms with Gasteiger partial charge in [0.2, 0.25) is 5.91 Å². The van der Waals surface area contributed by atoms with E-state index < -0.39 is 11.9 Å². The highest BCUT2D eigenvalue weighted by Gasteiger charge is 2.33. The van der Waals surface area contributed by atoms with Crippen LogP contribution in [0.5, 0.6) is 5.75 Å². The number of amides is 1. The van der Waals surface area contributed by atoms with E-state index in [1.54, 1.807) is 6.07 Å². The van der Waals surface area contributed by atoms with Crippen molar-refractivity contribution in [1.82, 2.24) is 4.90 Å². The molecule has 0 spiro atoms. The first-order valence-electron chi connectivity index (χ1n) is 5.96. The molecule has 1 amide bonds. The van der Waals surface area contributed by atoms with Gasteiger partial charge in [-0.3, -0.25) is 9.59 Å². The van der Waals surface area contributed by atoms with Gasteiger partial charge in [-0.05, 0) is 6.07 Å². The van der Waals surface area contributed by atoms with Crippen molar-refractivity contribution < 1.29 is 19.4 Å². The minimum Gasteiger partial charge on any atom is -0.492 e. The van der Waals surface area contributed by atoms with Crippen molar-refractivity contribution in [3.8, 4) is 5.75 Å². The van der Waals surface area contributed by atoms with Gasteiger partial charge in [0, 0.05) is 12.1 Å². The number of rotatable bonds is 5. The third-order valence-electron chi connectivity index (χ3n) is 2.99. The van der Waals surface area contributed by atoms with Crippen LogP contribution in [-0.4, -0.2) is 41.6 Å². The SMILES string of the molecule is C=CCN(CC(=O)O)C(=O)C1COc2ccccc21. The zero-order chi connectivity index (χ0) is 13.8. The summed E-state index contributed by atoms with van der Waals surface area (Å²) in [4.78, 5) is 24.4. The Hall–Kier alpha value is -2.30. The second kappa shape index (κ2) is 5.56. The molecule has 2 rings (SSSR count). The Morgan fingerprint density at radius 2 is 2.21 bits per heavy atom. The van der Waals surface area contributed by atoms with Gasteiger partial charge in [-0.2, -0.15) is 0 Å². The molecule has 1 aliphatic heterocycles. The monoisotopic (exact) mass is 261 g/mol. The Morgan fingerprint density at radius 1 is 1.47 bits per heavy atom. The number of carboxylic acid groups (broad SMARTS) is 1. The van der Waals surface area contributed by atoms with Crippen LogP contribution in [0, 0.1) is 0 Å². The highest BCUT2D eigenvalue weighted by atomic mass is 16.5. The van der Waals surface area contributed by atoms with Crippen LogP contribution in [0.25, 0.3) is 0 Å². The van der Waals surface area contributed by atoms with Crippen LogP contribution in [0.4, 0.5) is 0 Å². The number of carbonyl (C=O) groups excluding carboxylic acids is 1. The summed E-state index contributed by atoms with van der Waals surface area (Å²) in [5.41, 5.74) is 0.812. The van der Waals surface area contributed by atoms with Gasteiger partial charge in [-0.1, -0.05) is 24.3 Å². The number of hydrogen-bond acceptors (Lipinski definition) is 3. The van der Waals surface area contributed by atoms with Gasteiger partial charge in [-0.25, -0.2) is 0 Å². The van der Waals surface area contributed by atoms with Crippen molar-refractivity contribution in [2.24, 2.45) is 0 Å². The van der Waals surface area contributed by atoms with Crippen LogP contribution in [-0.2, 0) is 9.59 Å². The topological polar surface area (TPSA) is 66.8 Å². The molecule has 1 aromatic carbocycles. The number of carbonyl (C=O) groups is 2. The van der Waals surface area contributed by atoms with Gasteiger partial charge < -0.3 is 14.7 Å². The number of benzene rings is 1. The van der Waals surface area contributed by atoms with Gasteiger partial charge >= 0.3 is 5.97 Å². The summed E-state index contributed by atoms with van der Waals surface area (Å²) in [5.74, 6) is -1.03. The average molecular weight is 261 g/mol. The zero-order valence-corrected chi connectivity index (χ0v) is 10.4. The van der Waals surface area contributed by atoms with Crippen LogP contribution in [0.15, 0.2) is 36.9 Å². The van der Waals surface area contributed by atoms with E-state index in [0.717, 1.165) is 5.56 Å². The van der Waals surface area contributed by atoms with Crippen LogP contribution in [0.2, 0.25) is 0 Å². The second-order valence-corrected chi connectivity index (χ2v) is 4.30. The van der Waals surface area contributed by atoms with E-state index in [4.69, 9.17) is 9.84 Å². The maximum atomic E-state index is 12.4. The van der Waals surface area contributed by atoms with Gasteiger partial charge in [0.1, 0.15) is 24.8 Å². The molecule has 0 radical (unpaired) electrons. The second-order valence-electron chi connectivity index (χ2n) is 4.30. The number of fused-ring (bicyclic) bond motifs is 1. The Balaban J connectivity index is 2.19. The minimum atomic E-state index is -1.04. The fraction of sp³-hybridized carbons (Fsp3) is 0.286. The molecular formula is C14H15NO4. The highest BCUT2D eigenvalue weighted by Crippen LogP contribution is 2.34. The standard InChI is InChI=1S/C14H15NO4/c1-2-7-15(8-13(16)17)14(18)11-9-19-12-6-4-3-5-10(11)12/h2-6,11H,1,7-9H2,(H,16,17). The van der Waals surface area contributed by atoms with E-state index >= 15 is 0 Å². The fourth-order valence-electron chi connectivity index (χ4n) is 2.14. The van der Waals surface area contributed by atoms with E-state index in [9.17, 15) is 9.59 Å². The normalized spacial score (nSPS) is 16.3. The average Bonchev–Trinajstić information content (AvgIpc) is 2.80. The first-order chi connectivity index (χ1) is 9.13. The maximum Gasteiger partial charge on any atom is 0.323 e. The molecular weight excluding hydrogens is 246 g/mol. The summed E-state index contributed by atoms with van der Waals surface area (Å²) in [6, 6.07) is 7.31. The number of ether oxygens (including phenoxy) is 1. The van der Waals surface area contributed by atoms with Crippen LogP contribution < -0.4 is 4.74 Å². The van der Waals surface area contributed by atoms with E-state index in [2.05, 4.69) is 6.58 Å². The van der Waals surface area contributed by atoms with E-state index in [1.165, 1.54) is 11.0 Å². The summed E-state index contributed by atoms with van der Waals surface area (Å²) < 4.78 is 5.44. The first-order valence-corrected chi connectivity index (χ1v) is 5.96. The first kappa shape index (κ1) is 13.1. The summed E-state index contributed by atoms with van der Waals surface area (Å²) in [7, 11) is 0. The van der Waals surface area contributed by atoms with Gasteiger partial charge in [0.25, 0.3) is 0 Å². The Morgan fingerprint density at radius 3 is 2.89 bits per heavy atom. The lowest BCUT2D eigenvalue weighted by atomic mass is 10.00. The summed E-state index contributed by atoms with van der Waals surface area (Å²) >= 11 is 0. The third kappa shape index (κ3) is 2.76. The largest absolute Gasteiger partial charge is 0.492 e. The summed E-state index contributed by atoms with van der Waals surface area (Å²) in [5, 5.41) is 8.84. The molecule has 1 unspecified atom stereocenters. The molecule has 0 fully saturated rings. The lowest BCUT2D eigenvalue weighted by molar-refractivity contribution is -0.144. The Labute approximate surface area is 111 Å². The molecule has 0 saturated heterocycles. The Bertz CT molecular complexity index is 512. The van der Waals surface area contributed by atoms with Gasteiger partial charge in [0.15, 0.2) is 0 Å². The predicted molar refractivity (Wildman–Crippen MR) is 69.1 cm³/mol. The predicted octanol–water partition coefficient (Wildman–Crippen LogP) is 1.26. The third-order valence-corrected chi connectivity index (χ3v) is 2.99. The molecule has 19 heavy (non-hydrogen) atoms. The quantitative estimate of drug-likeness (QED) is 0.810. The summed E-state index contributed by atoms with van der Waals surface area (Å²) in [6.45, 7) is 3.68. The Kier molecular flexibility index (Phi) is 3.85. The molecule has 1 heterocycles. The van der Waals surface area contributed by atoms with Crippen molar-refractivity contribution in [2.45, 2.75) is 5.92 Å². The lowest BCUT2D eigenvalue weighted by Crippen LogP contribution is -2.39.